The van der Waals surface area contributed by atoms with Crippen molar-refractivity contribution in [3.63, 3.8) is 0 Å². The zero-order valence-electron chi connectivity index (χ0n) is 16.3. The van der Waals surface area contributed by atoms with Crippen LogP contribution in [0.5, 0.6) is 0 Å². The Morgan fingerprint density at radius 1 is 0.967 bits per heavy atom. The summed E-state index contributed by atoms with van der Waals surface area (Å²) in [5.41, 5.74) is 4.23. The average Bonchev–Trinajstić information content (AvgIpc) is 3.16. The van der Waals surface area contributed by atoms with E-state index in [1.807, 2.05) is 36.4 Å². The van der Waals surface area contributed by atoms with Gasteiger partial charge in [-0.05, 0) is 73.2 Å². The topological polar surface area (TPSA) is 59.1 Å². The van der Waals surface area contributed by atoms with Crippen LogP contribution in [0.2, 0.25) is 0 Å². The van der Waals surface area contributed by atoms with Gasteiger partial charge in [-0.2, -0.15) is 0 Å². The molecule has 4 nitrogen and oxygen atoms in total. The van der Waals surface area contributed by atoms with Gasteiger partial charge in [0.2, 0.25) is 5.91 Å². The third-order valence-electron chi connectivity index (χ3n) is 4.70. The molecule has 4 aromatic rings. The molecule has 0 radical (unpaired) electrons. The summed E-state index contributed by atoms with van der Waals surface area (Å²) in [6.07, 6.45) is 0.135. The lowest BCUT2D eigenvalue weighted by Crippen LogP contribution is -2.13. The molecule has 1 N–H and O–H groups in total. The molecule has 4 rings (SSSR count). The molecule has 0 spiro atoms. The molecule has 0 atom stereocenters. The van der Waals surface area contributed by atoms with Crippen LogP contribution in [0.15, 0.2) is 66.7 Å². The van der Waals surface area contributed by atoms with Crippen molar-refractivity contribution < 1.29 is 14.0 Å². The fourth-order valence-corrected chi connectivity index (χ4v) is 4.15. The number of anilines is 1. The molecule has 30 heavy (non-hydrogen) atoms. The minimum absolute atomic E-state index is 0.0647. The van der Waals surface area contributed by atoms with Crippen LogP contribution in [0.3, 0.4) is 0 Å². The minimum Gasteiger partial charge on any atom is -0.326 e. The van der Waals surface area contributed by atoms with E-state index < -0.39 is 5.82 Å². The van der Waals surface area contributed by atoms with Gasteiger partial charge in [-0.25, -0.2) is 9.37 Å². The molecule has 0 saturated carbocycles. The lowest BCUT2D eigenvalue weighted by atomic mass is 10.1. The van der Waals surface area contributed by atoms with E-state index in [0.29, 0.717) is 11.3 Å². The molecule has 0 unspecified atom stereocenters. The van der Waals surface area contributed by atoms with Gasteiger partial charge in [0.1, 0.15) is 10.8 Å². The molecule has 1 heterocycles. The van der Waals surface area contributed by atoms with E-state index in [4.69, 9.17) is 0 Å². The summed E-state index contributed by atoms with van der Waals surface area (Å²) in [4.78, 5) is 28.9. The number of halogens is 1. The Kier molecular flexibility index (Phi) is 5.68. The SMILES string of the molecule is Cc1ccc2nc(-c3ccc(NC(=O)CCC(=O)c4ccc(F)cc4)cc3)sc2c1. The lowest BCUT2D eigenvalue weighted by Gasteiger charge is -2.06. The highest BCUT2D eigenvalue weighted by Crippen LogP contribution is 2.31. The molecule has 0 aliphatic heterocycles. The van der Waals surface area contributed by atoms with Gasteiger partial charge in [0.25, 0.3) is 0 Å². The summed E-state index contributed by atoms with van der Waals surface area (Å²) >= 11 is 1.63. The van der Waals surface area contributed by atoms with Crippen LogP contribution in [0.1, 0.15) is 28.8 Å². The fraction of sp³-hybridized carbons (Fsp3) is 0.125. The second kappa shape index (κ2) is 8.55. The number of hydrogen-bond acceptors (Lipinski definition) is 4. The van der Waals surface area contributed by atoms with E-state index in [0.717, 1.165) is 20.8 Å². The van der Waals surface area contributed by atoms with Gasteiger partial charge >= 0.3 is 0 Å². The molecule has 1 aromatic heterocycles. The molecule has 0 aliphatic rings. The second-order valence-corrected chi connectivity index (χ2v) is 8.08. The molecular formula is C24H19FN2O2S. The van der Waals surface area contributed by atoms with Crippen molar-refractivity contribution in [1.82, 2.24) is 4.98 Å². The summed E-state index contributed by atoms with van der Waals surface area (Å²) in [6, 6.07) is 19.0. The first-order chi connectivity index (χ1) is 14.5. The van der Waals surface area contributed by atoms with E-state index >= 15 is 0 Å². The van der Waals surface area contributed by atoms with Gasteiger partial charge in [-0.15, -0.1) is 11.3 Å². The van der Waals surface area contributed by atoms with E-state index in [9.17, 15) is 14.0 Å². The molecule has 150 valence electrons. The molecule has 1 amide bonds. The molecule has 0 aliphatic carbocycles. The van der Waals surface area contributed by atoms with Gasteiger partial charge < -0.3 is 5.32 Å². The van der Waals surface area contributed by atoms with Crippen LogP contribution >= 0.6 is 11.3 Å². The van der Waals surface area contributed by atoms with Crippen LogP contribution in [-0.4, -0.2) is 16.7 Å². The van der Waals surface area contributed by atoms with Crippen molar-refractivity contribution in [2.75, 3.05) is 5.32 Å². The number of thiazole rings is 1. The quantitative estimate of drug-likeness (QED) is 0.390. The number of nitrogens with zero attached hydrogens (tertiary/aromatic N) is 1. The monoisotopic (exact) mass is 418 g/mol. The Morgan fingerprint density at radius 3 is 2.43 bits per heavy atom. The number of fused-ring (bicyclic) bond motifs is 1. The van der Waals surface area contributed by atoms with Crippen molar-refractivity contribution in [2.24, 2.45) is 0 Å². The fourth-order valence-electron chi connectivity index (χ4n) is 3.08. The second-order valence-electron chi connectivity index (χ2n) is 7.05. The van der Waals surface area contributed by atoms with Crippen LogP contribution in [-0.2, 0) is 4.79 Å². The highest BCUT2D eigenvalue weighted by molar-refractivity contribution is 7.21. The van der Waals surface area contributed by atoms with E-state index in [2.05, 4.69) is 23.3 Å². The standard InChI is InChI=1S/C24H19FN2O2S/c1-15-2-11-20-22(14-15)30-24(27-20)17-5-9-19(10-6-17)26-23(29)13-12-21(28)16-3-7-18(25)8-4-16/h2-11,14H,12-13H2,1H3,(H,26,29). The predicted octanol–water partition coefficient (Wildman–Crippen LogP) is 6.01. The Hall–Kier alpha value is -3.38. The van der Waals surface area contributed by atoms with Crippen molar-refractivity contribution in [2.45, 2.75) is 19.8 Å². The summed E-state index contributed by atoms with van der Waals surface area (Å²) in [7, 11) is 0. The zero-order valence-corrected chi connectivity index (χ0v) is 17.1. The van der Waals surface area contributed by atoms with Gasteiger partial charge in [0, 0.05) is 29.7 Å². The number of Topliss-reactive ketones (excluding diaryl/α,β-unsaturated/α-hetero) is 1. The third kappa shape index (κ3) is 4.60. The van der Waals surface area contributed by atoms with Gasteiger partial charge in [-0.3, -0.25) is 9.59 Å². The normalized spacial score (nSPS) is 10.9. The number of rotatable bonds is 6. The Bertz CT molecular complexity index is 1210. The van der Waals surface area contributed by atoms with Crippen LogP contribution in [0.4, 0.5) is 10.1 Å². The van der Waals surface area contributed by atoms with Crippen LogP contribution in [0.25, 0.3) is 20.8 Å². The smallest absolute Gasteiger partial charge is 0.224 e. The zero-order chi connectivity index (χ0) is 21.1. The van der Waals surface area contributed by atoms with Crippen molar-refractivity contribution in [3.05, 3.63) is 83.7 Å². The summed E-state index contributed by atoms with van der Waals surface area (Å²) in [6.45, 7) is 2.06. The number of benzene rings is 3. The van der Waals surface area contributed by atoms with E-state index in [1.54, 1.807) is 11.3 Å². The maximum Gasteiger partial charge on any atom is 0.224 e. The van der Waals surface area contributed by atoms with Crippen LogP contribution < -0.4 is 5.32 Å². The average molecular weight is 418 g/mol. The van der Waals surface area contributed by atoms with E-state index in [-0.39, 0.29) is 24.5 Å². The Balaban J connectivity index is 1.36. The van der Waals surface area contributed by atoms with Crippen molar-refractivity contribution in [1.29, 1.82) is 0 Å². The molecule has 0 fully saturated rings. The number of amides is 1. The first-order valence-corrected chi connectivity index (χ1v) is 10.4. The largest absolute Gasteiger partial charge is 0.326 e. The van der Waals surface area contributed by atoms with Crippen LogP contribution in [0, 0.1) is 12.7 Å². The Labute approximate surface area is 177 Å². The predicted molar refractivity (Wildman–Crippen MR) is 118 cm³/mol. The lowest BCUT2D eigenvalue weighted by molar-refractivity contribution is -0.116. The Morgan fingerprint density at radius 2 is 1.70 bits per heavy atom. The molecule has 3 aromatic carbocycles. The summed E-state index contributed by atoms with van der Waals surface area (Å²) in [5, 5.41) is 3.73. The van der Waals surface area contributed by atoms with Crippen molar-refractivity contribution in [3.8, 4) is 10.6 Å². The summed E-state index contributed by atoms with van der Waals surface area (Å²) < 4.78 is 14.1. The van der Waals surface area contributed by atoms with E-state index in [1.165, 1.54) is 29.8 Å². The number of ketones is 1. The maximum atomic E-state index is 12.9. The number of aromatic nitrogens is 1. The first kappa shape index (κ1) is 19.9. The maximum absolute atomic E-state index is 12.9. The number of carbonyl (C=O) groups excluding carboxylic acids is 2. The highest BCUT2D eigenvalue weighted by Gasteiger charge is 2.11. The van der Waals surface area contributed by atoms with Gasteiger partial charge in [0.15, 0.2) is 5.78 Å². The minimum atomic E-state index is -0.395. The number of carbonyl (C=O) groups is 2. The molecular weight excluding hydrogens is 399 g/mol. The number of hydrogen-bond donors (Lipinski definition) is 1. The third-order valence-corrected chi connectivity index (χ3v) is 5.77. The first-order valence-electron chi connectivity index (χ1n) is 9.54. The van der Waals surface area contributed by atoms with Gasteiger partial charge in [-0.1, -0.05) is 6.07 Å². The number of nitrogens with one attached hydrogen (secondary N) is 1. The van der Waals surface area contributed by atoms with Gasteiger partial charge in [0.05, 0.1) is 10.2 Å². The summed E-state index contributed by atoms with van der Waals surface area (Å²) in [5.74, 6) is -0.825. The molecule has 0 saturated heterocycles. The number of aryl methyl sites for hydroxylation is 1. The van der Waals surface area contributed by atoms with Crippen molar-refractivity contribution >= 4 is 38.9 Å². The molecule has 0 bridgehead atoms. The molecule has 6 heteroatoms. The highest BCUT2D eigenvalue weighted by atomic mass is 32.1.